The first-order valence-electron chi connectivity index (χ1n) is 9.89. The Bertz CT molecular complexity index is 1310. The normalized spacial score (nSPS) is 10.8. The van der Waals surface area contributed by atoms with Crippen LogP contribution in [0, 0.1) is 20.8 Å². The van der Waals surface area contributed by atoms with Crippen molar-refractivity contribution in [3.05, 3.63) is 86.1 Å². The van der Waals surface area contributed by atoms with Crippen LogP contribution in [0.15, 0.2) is 59.4 Å². The number of aromatic nitrogens is 3. The number of thiazole rings is 1. The van der Waals surface area contributed by atoms with Crippen molar-refractivity contribution in [3.63, 3.8) is 0 Å². The zero-order valence-electron chi connectivity index (χ0n) is 17.5. The maximum atomic E-state index is 12.8. The minimum absolute atomic E-state index is 0.125. The highest BCUT2D eigenvalue weighted by Gasteiger charge is 2.15. The van der Waals surface area contributed by atoms with Gasteiger partial charge in [-0.3, -0.25) is 9.59 Å². The summed E-state index contributed by atoms with van der Waals surface area (Å²) in [5.41, 5.74) is 4.84. The predicted octanol–water partition coefficient (Wildman–Crippen LogP) is 4.67. The smallest absolute Gasteiger partial charge is 0.251 e. The molecular weight excluding hydrogens is 408 g/mol. The van der Waals surface area contributed by atoms with Crippen molar-refractivity contribution in [3.8, 4) is 22.6 Å². The maximum absolute atomic E-state index is 12.8. The number of carbonyl (C=O) groups excluding carboxylic acids is 1. The van der Waals surface area contributed by atoms with Crippen LogP contribution in [0.25, 0.3) is 22.6 Å². The fraction of sp³-hybridized carbons (Fsp3) is 0.167. The molecule has 0 atom stereocenters. The number of anilines is 1. The van der Waals surface area contributed by atoms with Gasteiger partial charge >= 0.3 is 0 Å². The van der Waals surface area contributed by atoms with Crippen LogP contribution in [-0.2, 0) is 11.2 Å². The minimum atomic E-state index is -0.207. The van der Waals surface area contributed by atoms with Crippen molar-refractivity contribution in [2.24, 2.45) is 0 Å². The Balaban J connectivity index is 1.54. The van der Waals surface area contributed by atoms with Crippen molar-refractivity contribution in [2.75, 3.05) is 5.32 Å². The first kappa shape index (κ1) is 20.7. The molecule has 4 rings (SSSR count). The van der Waals surface area contributed by atoms with E-state index >= 15 is 0 Å². The van der Waals surface area contributed by atoms with E-state index in [-0.39, 0.29) is 17.9 Å². The molecule has 0 saturated carbocycles. The molecule has 0 fully saturated rings. The lowest BCUT2D eigenvalue weighted by molar-refractivity contribution is -0.115. The van der Waals surface area contributed by atoms with E-state index < -0.39 is 0 Å². The van der Waals surface area contributed by atoms with Crippen molar-refractivity contribution >= 4 is 22.9 Å². The van der Waals surface area contributed by atoms with E-state index in [0.717, 1.165) is 26.7 Å². The molecule has 2 heterocycles. The van der Waals surface area contributed by atoms with Gasteiger partial charge in [0, 0.05) is 33.5 Å². The Morgan fingerprint density at radius 3 is 2.52 bits per heavy atom. The monoisotopic (exact) mass is 430 g/mol. The molecule has 0 radical (unpaired) electrons. The Kier molecular flexibility index (Phi) is 5.77. The number of carbonyl (C=O) groups is 1. The lowest BCUT2D eigenvalue weighted by atomic mass is 10.1. The second-order valence-corrected chi connectivity index (χ2v) is 8.70. The molecule has 0 aliphatic heterocycles. The summed E-state index contributed by atoms with van der Waals surface area (Å²) < 4.78 is 0. The van der Waals surface area contributed by atoms with Gasteiger partial charge in [-0.15, -0.1) is 11.3 Å². The summed E-state index contributed by atoms with van der Waals surface area (Å²) in [6, 6.07) is 16.9. The zero-order chi connectivity index (χ0) is 22.0. The Morgan fingerprint density at radius 1 is 1.00 bits per heavy atom. The number of aromatic amines is 1. The van der Waals surface area contributed by atoms with E-state index in [9.17, 15) is 9.59 Å². The molecule has 2 N–H and O–H groups in total. The molecular formula is C24H22N4O2S. The highest BCUT2D eigenvalue weighted by molar-refractivity contribution is 7.12. The summed E-state index contributed by atoms with van der Waals surface area (Å²) in [6.45, 7) is 5.76. The summed E-state index contributed by atoms with van der Waals surface area (Å²) in [6.07, 6.45) is 0.235. The van der Waals surface area contributed by atoms with E-state index in [1.54, 1.807) is 13.0 Å². The van der Waals surface area contributed by atoms with E-state index in [1.165, 1.54) is 23.0 Å². The molecule has 0 unspecified atom stereocenters. The maximum Gasteiger partial charge on any atom is 0.251 e. The SMILES string of the molecule is Cc1ccc(-c2nc(C)sc2CC(=O)Nc2cccc(-c3nc(C)cc(=O)[nH]3)c2)cc1. The van der Waals surface area contributed by atoms with Gasteiger partial charge in [0.25, 0.3) is 5.56 Å². The largest absolute Gasteiger partial charge is 0.326 e. The Labute approximate surface area is 184 Å². The number of hydrogen-bond donors (Lipinski definition) is 2. The van der Waals surface area contributed by atoms with E-state index in [1.807, 2.05) is 56.3 Å². The average Bonchev–Trinajstić information content (AvgIpc) is 3.08. The summed E-state index contributed by atoms with van der Waals surface area (Å²) in [5.74, 6) is 0.348. The van der Waals surface area contributed by atoms with Crippen LogP contribution in [0.3, 0.4) is 0 Å². The molecule has 0 aliphatic rings. The summed E-state index contributed by atoms with van der Waals surface area (Å²) in [5, 5.41) is 3.87. The summed E-state index contributed by atoms with van der Waals surface area (Å²) in [4.78, 5) is 37.2. The van der Waals surface area contributed by atoms with E-state index in [0.29, 0.717) is 17.2 Å². The molecule has 2 aromatic heterocycles. The van der Waals surface area contributed by atoms with Crippen LogP contribution < -0.4 is 10.9 Å². The van der Waals surface area contributed by atoms with Crippen molar-refractivity contribution in [2.45, 2.75) is 27.2 Å². The number of rotatable bonds is 5. The second-order valence-electron chi connectivity index (χ2n) is 7.41. The van der Waals surface area contributed by atoms with E-state index in [4.69, 9.17) is 0 Å². The number of nitrogens with one attached hydrogen (secondary N) is 2. The van der Waals surface area contributed by atoms with Gasteiger partial charge in [-0.25, -0.2) is 9.97 Å². The summed E-state index contributed by atoms with van der Waals surface area (Å²) in [7, 11) is 0. The molecule has 1 amide bonds. The molecule has 0 saturated heterocycles. The second kappa shape index (κ2) is 8.65. The molecule has 31 heavy (non-hydrogen) atoms. The third kappa shape index (κ3) is 4.95. The highest BCUT2D eigenvalue weighted by Crippen LogP contribution is 2.29. The van der Waals surface area contributed by atoms with Gasteiger partial charge in [-0.1, -0.05) is 42.0 Å². The standard InChI is InChI=1S/C24H22N4O2S/c1-14-7-9-17(10-8-14)23-20(31-16(3)26-23)13-22(30)27-19-6-4-5-18(12-19)24-25-15(2)11-21(29)28-24/h4-12H,13H2,1-3H3,(H,27,30)(H,25,28,29). The number of hydrogen-bond acceptors (Lipinski definition) is 5. The van der Waals surface area contributed by atoms with Gasteiger partial charge in [0.1, 0.15) is 5.82 Å². The summed E-state index contributed by atoms with van der Waals surface area (Å²) >= 11 is 1.53. The first-order valence-corrected chi connectivity index (χ1v) is 10.7. The lowest BCUT2D eigenvalue weighted by Gasteiger charge is -2.08. The Hall–Kier alpha value is -3.58. The van der Waals surface area contributed by atoms with Crippen LogP contribution >= 0.6 is 11.3 Å². The van der Waals surface area contributed by atoms with Crippen LogP contribution in [0.2, 0.25) is 0 Å². The highest BCUT2D eigenvalue weighted by atomic mass is 32.1. The van der Waals surface area contributed by atoms with Gasteiger partial charge in [0.2, 0.25) is 5.91 Å². The lowest BCUT2D eigenvalue weighted by Crippen LogP contribution is -2.14. The van der Waals surface area contributed by atoms with Crippen molar-refractivity contribution in [1.82, 2.24) is 15.0 Å². The van der Waals surface area contributed by atoms with Crippen LogP contribution in [0.4, 0.5) is 5.69 Å². The van der Waals surface area contributed by atoms with Crippen molar-refractivity contribution < 1.29 is 4.79 Å². The van der Waals surface area contributed by atoms with Crippen molar-refractivity contribution in [1.29, 1.82) is 0 Å². The average molecular weight is 431 g/mol. The third-order valence-electron chi connectivity index (χ3n) is 4.74. The zero-order valence-corrected chi connectivity index (χ0v) is 18.3. The van der Waals surface area contributed by atoms with Crippen LogP contribution in [0.1, 0.15) is 21.1 Å². The number of benzene rings is 2. The van der Waals surface area contributed by atoms with Crippen LogP contribution in [0.5, 0.6) is 0 Å². The topological polar surface area (TPSA) is 87.7 Å². The fourth-order valence-electron chi connectivity index (χ4n) is 3.34. The molecule has 2 aromatic carbocycles. The molecule has 156 valence electrons. The number of H-pyrrole nitrogens is 1. The fourth-order valence-corrected chi connectivity index (χ4v) is 4.29. The van der Waals surface area contributed by atoms with Gasteiger partial charge < -0.3 is 10.3 Å². The van der Waals surface area contributed by atoms with Gasteiger partial charge in [0.05, 0.1) is 17.1 Å². The molecule has 0 spiro atoms. The van der Waals surface area contributed by atoms with Gasteiger partial charge in [0.15, 0.2) is 0 Å². The number of aryl methyl sites for hydroxylation is 3. The van der Waals surface area contributed by atoms with Gasteiger partial charge in [-0.2, -0.15) is 0 Å². The number of nitrogens with zero attached hydrogens (tertiary/aromatic N) is 2. The molecule has 0 bridgehead atoms. The predicted molar refractivity (Wildman–Crippen MR) is 124 cm³/mol. The molecule has 0 aliphatic carbocycles. The van der Waals surface area contributed by atoms with Gasteiger partial charge in [-0.05, 0) is 32.9 Å². The number of amides is 1. The van der Waals surface area contributed by atoms with Crippen LogP contribution in [-0.4, -0.2) is 20.9 Å². The quantitative estimate of drug-likeness (QED) is 0.482. The molecule has 7 heteroatoms. The third-order valence-corrected chi connectivity index (χ3v) is 5.71. The molecule has 4 aromatic rings. The molecule has 6 nitrogen and oxygen atoms in total. The first-order chi connectivity index (χ1) is 14.9. The van der Waals surface area contributed by atoms with E-state index in [2.05, 4.69) is 20.3 Å². The minimum Gasteiger partial charge on any atom is -0.326 e. The Morgan fingerprint density at radius 2 is 1.77 bits per heavy atom.